The molecule has 68 valence electrons. The highest BCUT2D eigenvalue weighted by Gasteiger charge is 2.25. The van der Waals surface area contributed by atoms with Gasteiger partial charge in [0.15, 0.2) is 0 Å². The van der Waals surface area contributed by atoms with E-state index in [2.05, 4.69) is 0 Å². The summed E-state index contributed by atoms with van der Waals surface area (Å²) >= 11 is 0. The maximum atomic E-state index is 11.0. The van der Waals surface area contributed by atoms with E-state index >= 15 is 0 Å². The molecule has 0 aromatic heterocycles. The molecule has 0 aliphatic carbocycles. The minimum Gasteiger partial charge on any atom is -0.350 e. The van der Waals surface area contributed by atoms with Gasteiger partial charge in [0.25, 0.3) is 0 Å². The predicted octanol–water partition coefficient (Wildman–Crippen LogP) is 0.260. The van der Waals surface area contributed by atoms with Crippen LogP contribution >= 0.6 is 0 Å². The van der Waals surface area contributed by atoms with Gasteiger partial charge in [0.05, 0.1) is 0 Å². The zero-order valence-corrected chi connectivity index (χ0v) is 6.11. The molecule has 0 aromatic carbocycles. The minimum atomic E-state index is -4.29. The molecule has 0 heterocycles. The second kappa shape index (κ2) is 7.33. The Morgan fingerprint density at radius 2 is 1.91 bits per heavy atom. The summed E-state index contributed by atoms with van der Waals surface area (Å²) in [6.07, 6.45) is -4.28. The molecular weight excluding hydrogens is 161 g/mol. The number of alkyl halides is 3. The molecule has 0 spiro atoms. The molecule has 0 fully saturated rings. The van der Waals surface area contributed by atoms with Gasteiger partial charge in [0.1, 0.15) is 6.54 Å². The number of carbonyl (C=O) groups excluding carboxylic acids is 1. The van der Waals surface area contributed by atoms with Crippen LogP contribution in [0.2, 0.25) is 0 Å². The Kier molecular flexibility index (Phi) is 8.57. The van der Waals surface area contributed by atoms with Gasteiger partial charge in [0, 0.05) is 0 Å². The molecule has 6 heteroatoms. The van der Waals surface area contributed by atoms with Gasteiger partial charge in [0.2, 0.25) is 6.41 Å². The number of rotatable bonds is 2. The van der Waals surface area contributed by atoms with Crippen LogP contribution in [0.15, 0.2) is 0 Å². The van der Waals surface area contributed by atoms with Crippen LogP contribution in [0.4, 0.5) is 13.2 Å². The molecule has 0 bridgehead atoms. The van der Waals surface area contributed by atoms with Gasteiger partial charge in [-0.05, 0) is 6.54 Å². The number of carbonyl (C=O) groups is 1. The Labute approximate surface area is 62.8 Å². The maximum Gasteiger partial charge on any atom is 0.405 e. The smallest absolute Gasteiger partial charge is 0.350 e. The van der Waals surface area contributed by atoms with Crippen molar-refractivity contribution in [1.29, 1.82) is 0 Å². The van der Waals surface area contributed by atoms with Gasteiger partial charge in [-0.1, -0.05) is 6.92 Å². The van der Waals surface area contributed by atoms with Crippen LogP contribution in [0, 0.1) is 0 Å². The van der Waals surface area contributed by atoms with Crippen LogP contribution in [0.1, 0.15) is 6.92 Å². The van der Waals surface area contributed by atoms with Crippen molar-refractivity contribution in [3.8, 4) is 0 Å². The third kappa shape index (κ3) is 27.0. The van der Waals surface area contributed by atoms with E-state index in [0.29, 0.717) is 0 Å². The summed E-state index contributed by atoms with van der Waals surface area (Å²) in [6.45, 7) is 1.40. The van der Waals surface area contributed by atoms with Gasteiger partial charge in [-0.15, -0.1) is 0 Å². The molecular formula is C5H11F3N2O. The van der Waals surface area contributed by atoms with E-state index < -0.39 is 12.7 Å². The van der Waals surface area contributed by atoms with E-state index in [1.807, 2.05) is 6.92 Å². The molecule has 0 atom stereocenters. The number of amides is 1. The first kappa shape index (κ1) is 12.9. The molecule has 0 aromatic rings. The third-order valence-electron chi connectivity index (χ3n) is 0.386. The summed E-state index contributed by atoms with van der Waals surface area (Å²) in [5.41, 5.74) is 4.85. The van der Waals surface area contributed by atoms with Crippen LogP contribution in [-0.4, -0.2) is 25.7 Å². The lowest BCUT2D eigenvalue weighted by molar-refractivity contribution is -0.132. The number of nitrogens with two attached hydrogens (primary N) is 1. The van der Waals surface area contributed by atoms with Crippen molar-refractivity contribution >= 4 is 6.41 Å². The highest BCUT2D eigenvalue weighted by molar-refractivity contribution is 5.45. The largest absolute Gasteiger partial charge is 0.405 e. The third-order valence-corrected chi connectivity index (χ3v) is 0.386. The molecule has 0 aliphatic rings. The summed E-state index contributed by atoms with van der Waals surface area (Å²) in [5, 5.41) is 1.48. The summed E-state index contributed by atoms with van der Waals surface area (Å²) in [6, 6.07) is 0. The van der Waals surface area contributed by atoms with Crippen LogP contribution in [-0.2, 0) is 4.79 Å². The van der Waals surface area contributed by atoms with Crippen LogP contribution in [0.5, 0.6) is 0 Å². The molecule has 0 aliphatic heterocycles. The first-order chi connectivity index (χ1) is 4.97. The number of halogens is 3. The van der Waals surface area contributed by atoms with Gasteiger partial charge in [-0.3, -0.25) is 4.79 Å². The lowest BCUT2D eigenvalue weighted by Gasteiger charge is -2.01. The van der Waals surface area contributed by atoms with E-state index in [1.165, 1.54) is 5.32 Å². The lowest BCUT2D eigenvalue weighted by Crippen LogP contribution is -2.27. The van der Waals surface area contributed by atoms with Crippen molar-refractivity contribution in [1.82, 2.24) is 5.32 Å². The van der Waals surface area contributed by atoms with Crippen molar-refractivity contribution in [2.24, 2.45) is 5.73 Å². The van der Waals surface area contributed by atoms with Gasteiger partial charge in [-0.2, -0.15) is 13.2 Å². The fourth-order valence-corrected chi connectivity index (χ4v) is 0.157. The van der Waals surface area contributed by atoms with E-state index in [-0.39, 0.29) is 6.41 Å². The van der Waals surface area contributed by atoms with Gasteiger partial charge >= 0.3 is 6.18 Å². The Hall–Kier alpha value is -0.780. The number of nitrogens with one attached hydrogen (secondary N) is 1. The predicted molar refractivity (Wildman–Crippen MR) is 34.9 cm³/mol. The highest BCUT2D eigenvalue weighted by atomic mass is 19.4. The quantitative estimate of drug-likeness (QED) is 0.587. The Balaban J connectivity index is 0. The molecule has 11 heavy (non-hydrogen) atoms. The molecule has 1 amide bonds. The molecule has 3 N–H and O–H groups in total. The Bertz CT molecular complexity index is 94.2. The molecule has 0 saturated carbocycles. The first-order valence-electron chi connectivity index (χ1n) is 2.91. The second-order valence-electron chi connectivity index (χ2n) is 1.52. The summed E-state index contributed by atoms with van der Waals surface area (Å²) in [4.78, 5) is 9.24. The molecule has 0 radical (unpaired) electrons. The van der Waals surface area contributed by atoms with Crippen molar-refractivity contribution in [2.45, 2.75) is 13.1 Å². The molecule has 0 saturated heterocycles. The SMILES string of the molecule is CCN.O=CNCC(F)(F)F. The lowest BCUT2D eigenvalue weighted by atomic mass is 10.6. The Morgan fingerprint density at radius 3 is 2.00 bits per heavy atom. The Morgan fingerprint density at radius 1 is 1.55 bits per heavy atom. The normalized spacial score (nSPS) is 9.55. The van der Waals surface area contributed by atoms with E-state index in [4.69, 9.17) is 5.73 Å². The van der Waals surface area contributed by atoms with Crippen molar-refractivity contribution < 1.29 is 18.0 Å². The fourth-order valence-electron chi connectivity index (χ4n) is 0.157. The van der Waals surface area contributed by atoms with Crippen LogP contribution < -0.4 is 11.1 Å². The molecule has 3 nitrogen and oxygen atoms in total. The van der Waals surface area contributed by atoms with Crippen LogP contribution in [0.25, 0.3) is 0 Å². The summed E-state index contributed by atoms with van der Waals surface area (Å²) in [7, 11) is 0. The molecule has 0 unspecified atom stereocenters. The first-order valence-corrected chi connectivity index (χ1v) is 2.91. The topological polar surface area (TPSA) is 55.1 Å². The maximum absolute atomic E-state index is 11.0. The van der Waals surface area contributed by atoms with Crippen molar-refractivity contribution in [2.75, 3.05) is 13.1 Å². The summed E-state index contributed by atoms with van der Waals surface area (Å²) in [5.74, 6) is 0. The monoisotopic (exact) mass is 172 g/mol. The highest BCUT2D eigenvalue weighted by Crippen LogP contribution is 2.11. The minimum absolute atomic E-state index is 0.00743. The molecule has 0 rings (SSSR count). The zero-order valence-electron chi connectivity index (χ0n) is 6.11. The number of hydrogen-bond acceptors (Lipinski definition) is 2. The standard InChI is InChI=1S/C3H4F3NO.C2H7N/c4-3(5,6)1-7-2-8;1-2-3/h2H,1H2,(H,7,8);2-3H2,1H3. The average molecular weight is 172 g/mol. The summed E-state index contributed by atoms with van der Waals surface area (Å²) < 4.78 is 33.1. The second-order valence-corrected chi connectivity index (χ2v) is 1.52. The van der Waals surface area contributed by atoms with E-state index in [9.17, 15) is 18.0 Å². The zero-order chi connectivity index (χ0) is 9.33. The van der Waals surface area contributed by atoms with Crippen molar-refractivity contribution in [3.05, 3.63) is 0 Å². The van der Waals surface area contributed by atoms with E-state index in [0.717, 1.165) is 6.54 Å². The average Bonchev–Trinajstić information content (AvgIpc) is 1.84. The van der Waals surface area contributed by atoms with Crippen LogP contribution in [0.3, 0.4) is 0 Å². The van der Waals surface area contributed by atoms with E-state index in [1.54, 1.807) is 0 Å². The number of hydrogen-bond donors (Lipinski definition) is 2. The van der Waals surface area contributed by atoms with Gasteiger partial charge in [-0.25, -0.2) is 0 Å². The van der Waals surface area contributed by atoms with Crippen molar-refractivity contribution in [3.63, 3.8) is 0 Å². The van der Waals surface area contributed by atoms with Gasteiger partial charge < -0.3 is 11.1 Å². The fraction of sp³-hybridized carbons (Fsp3) is 0.800.